The lowest BCUT2D eigenvalue weighted by Gasteiger charge is -2.53. The van der Waals surface area contributed by atoms with Crippen LogP contribution in [0.15, 0.2) is 87.4 Å². The predicted octanol–water partition coefficient (Wildman–Crippen LogP) is 6.31. The van der Waals surface area contributed by atoms with Crippen LogP contribution in [0.2, 0.25) is 0 Å². The first kappa shape index (κ1) is 20.8. The summed E-state index contributed by atoms with van der Waals surface area (Å²) >= 11 is -1.16. The van der Waals surface area contributed by atoms with Gasteiger partial charge in [0.2, 0.25) is 0 Å². The zero-order chi connectivity index (χ0) is 21.8. The second kappa shape index (κ2) is 7.52. The Bertz CT molecular complexity index is 1070. The van der Waals surface area contributed by atoms with E-state index in [-0.39, 0.29) is 16.6 Å². The molecule has 2 fully saturated rings. The van der Waals surface area contributed by atoms with Crippen LogP contribution >= 0.6 is 0 Å². The van der Waals surface area contributed by atoms with E-state index >= 15 is 0 Å². The molecule has 160 valence electrons. The number of carbonyl (C=O) groups excluding carboxylic acids is 1. The smallest absolute Gasteiger partial charge is 0.178 e. The molecule has 6 atom stereocenters. The standard InChI is InChI=1S/C28H30O2S/c1-19-17-23-24-10-9-20(13-16-31(30)22-7-5-4-6-8-22)27(24,2)15-12-25(23)28(3)14-11-21(29)18-26(19)28/h4-8,11-12,14,16,18-19,23-24H,9-10,15,17H2,1-3H3/t13?,19-,23-,24-,27+,28+,31?/m0/s1. The maximum absolute atomic E-state index is 12.7. The highest BCUT2D eigenvalue weighted by atomic mass is 32.2. The SMILES string of the molecule is C[C@H]1C[C@@H]2C(=CC[C@]3(C)C(=C=C[S+]([O-])c4ccccc4)CC[C@@H]23)[C@@]2(C)C=CC(=O)C=C12. The topological polar surface area (TPSA) is 40.1 Å². The molecule has 0 aromatic heterocycles. The van der Waals surface area contributed by atoms with Gasteiger partial charge in [0, 0.05) is 22.0 Å². The molecule has 1 aromatic rings. The van der Waals surface area contributed by atoms with Crippen molar-refractivity contribution in [2.45, 2.75) is 51.3 Å². The van der Waals surface area contributed by atoms with E-state index in [1.807, 2.05) is 36.4 Å². The third kappa shape index (κ3) is 3.26. The molecule has 2 nitrogen and oxygen atoms in total. The number of rotatable bonds is 2. The Morgan fingerprint density at radius 3 is 2.74 bits per heavy atom. The molecule has 1 aromatic carbocycles. The number of ketones is 1. The summed E-state index contributed by atoms with van der Waals surface area (Å²) in [7, 11) is 0. The van der Waals surface area contributed by atoms with Crippen molar-refractivity contribution in [2.75, 3.05) is 0 Å². The molecule has 0 heterocycles. The van der Waals surface area contributed by atoms with E-state index in [0.717, 1.165) is 30.6 Å². The van der Waals surface area contributed by atoms with Crippen LogP contribution in [0.5, 0.6) is 0 Å². The molecular weight excluding hydrogens is 400 g/mol. The van der Waals surface area contributed by atoms with Crippen LogP contribution in [-0.4, -0.2) is 10.3 Å². The van der Waals surface area contributed by atoms with Crippen molar-refractivity contribution in [1.29, 1.82) is 0 Å². The van der Waals surface area contributed by atoms with E-state index in [4.69, 9.17) is 0 Å². The molecule has 0 amide bonds. The van der Waals surface area contributed by atoms with Crippen LogP contribution in [-0.2, 0) is 16.0 Å². The summed E-state index contributed by atoms with van der Waals surface area (Å²) in [6.07, 6.45) is 12.6. The van der Waals surface area contributed by atoms with Crippen molar-refractivity contribution in [3.63, 3.8) is 0 Å². The summed E-state index contributed by atoms with van der Waals surface area (Å²) in [4.78, 5) is 12.9. The number of allylic oxidation sites excluding steroid dienone is 7. The summed E-state index contributed by atoms with van der Waals surface area (Å²) in [6, 6.07) is 9.61. The molecule has 0 bridgehead atoms. The molecule has 1 unspecified atom stereocenters. The Balaban J connectivity index is 1.49. The zero-order valence-electron chi connectivity index (χ0n) is 18.6. The highest BCUT2D eigenvalue weighted by Gasteiger charge is 2.55. The minimum absolute atomic E-state index is 0.0804. The van der Waals surface area contributed by atoms with Crippen molar-refractivity contribution in [2.24, 2.45) is 28.6 Å². The van der Waals surface area contributed by atoms with Crippen molar-refractivity contribution in [3.05, 3.63) is 82.5 Å². The van der Waals surface area contributed by atoms with E-state index in [0.29, 0.717) is 17.8 Å². The first-order chi connectivity index (χ1) is 14.8. The van der Waals surface area contributed by atoms with E-state index in [9.17, 15) is 9.35 Å². The van der Waals surface area contributed by atoms with Gasteiger partial charge in [-0.3, -0.25) is 4.79 Å². The van der Waals surface area contributed by atoms with Crippen LogP contribution in [0.25, 0.3) is 0 Å². The Labute approximate surface area is 188 Å². The number of fused-ring (bicyclic) bond motifs is 5. The highest BCUT2D eigenvalue weighted by Crippen LogP contribution is 2.64. The minimum atomic E-state index is -1.16. The molecule has 0 spiro atoms. The van der Waals surface area contributed by atoms with Crippen molar-refractivity contribution < 1.29 is 9.35 Å². The van der Waals surface area contributed by atoms with Gasteiger partial charge in [-0.25, -0.2) is 0 Å². The average molecular weight is 431 g/mol. The van der Waals surface area contributed by atoms with E-state index in [2.05, 4.69) is 38.7 Å². The summed E-state index contributed by atoms with van der Waals surface area (Å²) in [5.41, 5.74) is 7.58. The van der Waals surface area contributed by atoms with Crippen molar-refractivity contribution in [1.82, 2.24) is 0 Å². The van der Waals surface area contributed by atoms with Gasteiger partial charge < -0.3 is 4.55 Å². The van der Waals surface area contributed by atoms with Crippen LogP contribution in [0.1, 0.15) is 46.5 Å². The summed E-state index contributed by atoms with van der Waals surface area (Å²) in [5, 5.41) is 1.76. The first-order valence-electron chi connectivity index (χ1n) is 11.4. The van der Waals surface area contributed by atoms with Gasteiger partial charge in [0.25, 0.3) is 0 Å². The Morgan fingerprint density at radius 1 is 1.19 bits per heavy atom. The lowest BCUT2D eigenvalue weighted by Crippen LogP contribution is -2.44. The van der Waals surface area contributed by atoms with Crippen LogP contribution in [0.3, 0.4) is 0 Å². The first-order valence-corrected chi connectivity index (χ1v) is 12.6. The van der Waals surface area contributed by atoms with Gasteiger partial charge in [-0.05, 0) is 85.8 Å². The number of hydrogen-bond acceptors (Lipinski definition) is 2. The molecule has 0 saturated heterocycles. The number of carbonyl (C=O) groups is 1. The van der Waals surface area contributed by atoms with Gasteiger partial charge in [0.1, 0.15) is 0 Å². The quantitative estimate of drug-likeness (QED) is 0.313. The van der Waals surface area contributed by atoms with Gasteiger partial charge in [-0.2, -0.15) is 0 Å². The molecule has 0 N–H and O–H groups in total. The number of benzene rings is 1. The normalized spacial score (nSPS) is 37.1. The minimum Gasteiger partial charge on any atom is -0.606 e. The van der Waals surface area contributed by atoms with E-state index in [1.54, 1.807) is 11.5 Å². The summed E-state index contributed by atoms with van der Waals surface area (Å²) < 4.78 is 12.7. The highest BCUT2D eigenvalue weighted by molar-refractivity contribution is 7.94. The summed E-state index contributed by atoms with van der Waals surface area (Å²) in [6.45, 7) is 6.97. The molecule has 0 aliphatic heterocycles. The molecule has 3 heteroatoms. The molecule has 5 rings (SSSR count). The molecular formula is C28H30O2S. The van der Waals surface area contributed by atoms with Crippen LogP contribution in [0, 0.1) is 28.6 Å². The molecule has 2 saturated carbocycles. The zero-order valence-corrected chi connectivity index (χ0v) is 19.4. The van der Waals surface area contributed by atoms with E-state index < -0.39 is 11.2 Å². The third-order valence-corrected chi connectivity index (χ3v) is 9.45. The van der Waals surface area contributed by atoms with Gasteiger partial charge in [-0.15, -0.1) is 0 Å². The fourth-order valence-corrected chi connectivity index (χ4v) is 7.54. The van der Waals surface area contributed by atoms with Crippen molar-refractivity contribution in [3.8, 4) is 0 Å². The van der Waals surface area contributed by atoms with Crippen molar-refractivity contribution >= 4 is 17.0 Å². The molecule has 0 radical (unpaired) electrons. The molecule has 4 aliphatic rings. The largest absolute Gasteiger partial charge is 0.606 e. The number of hydrogen-bond donors (Lipinski definition) is 0. The average Bonchev–Trinajstić information content (AvgIpc) is 3.10. The van der Waals surface area contributed by atoms with E-state index in [1.165, 1.54) is 16.7 Å². The van der Waals surface area contributed by atoms with Crippen LogP contribution in [0.4, 0.5) is 0 Å². The Kier molecular flexibility index (Phi) is 5.05. The van der Waals surface area contributed by atoms with Gasteiger partial charge >= 0.3 is 0 Å². The van der Waals surface area contributed by atoms with Gasteiger partial charge in [0.15, 0.2) is 16.1 Å². The lowest BCUT2D eigenvalue weighted by atomic mass is 9.51. The maximum Gasteiger partial charge on any atom is 0.178 e. The van der Waals surface area contributed by atoms with Gasteiger partial charge in [-0.1, -0.05) is 55.5 Å². The van der Waals surface area contributed by atoms with Crippen LogP contribution < -0.4 is 0 Å². The molecule has 31 heavy (non-hydrogen) atoms. The monoisotopic (exact) mass is 430 g/mol. The van der Waals surface area contributed by atoms with Gasteiger partial charge in [0.05, 0.1) is 0 Å². The Morgan fingerprint density at radius 2 is 1.97 bits per heavy atom. The fourth-order valence-electron chi connectivity index (χ4n) is 6.73. The predicted molar refractivity (Wildman–Crippen MR) is 126 cm³/mol. The second-order valence-corrected chi connectivity index (χ2v) is 11.4. The lowest BCUT2D eigenvalue weighted by molar-refractivity contribution is -0.110. The molecule has 4 aliphatic carbocycles. The maximum atomic E-state index is 12.7. The second-order valence-electron chi connectivity index (χ2n) is 10.1. The fraction of sp³-hybridized carbons (Fsp3) is 0.429. The summed E-state index contributed by atoms with van der Waals surface area (Å²) in [5.74, 6) is 1.66. The Hall–Kier alpha value is -2.06. The third-order valence-electron chi connectivity index (χ3n) is 8.38.